The van der Waals surface area contributed by atoms with Gasteiger partial charge >= 0.3 is 300 Å². The third kappa shape index (κ3) is 5.20. The van der Waals surface area contributed by atoms with Crippen molar-refractivity contribution in [2.24, 2.45) is 5.41 Å². The molecule has 0 heterocycles. The maximum absolute atomic E-state index is 6.90. The van der Waals surface area contributed by atoms with E-state index in [0.717, 1.165) is 22.9 Å². The van der Waals surface area contributed by atoms with Gasteiger partial charge in [-0.3, -0.25) is 0 Å². The minimum absolute atomic E-state index is 0. The van der Waals surface area contributed by atoms with Crippen molar-refractivity contribution < 1.29 is 18.3 Å². The summed E-state index contributed by atoms with van der Waals surface area (Å²) >= 11 is 8.81. The van der Waals surface area contributed by atoms with E-state index in [1.165, 1.54) is 63.2 Å². The molecule has 0 saturated carbocycles. The minimum atomic E-state index is -5.00. The number of halogens is 4. The third-order valence-corrected chi connectivity index (χ3v) is 29.6. The van der Waals surface area contributed by atoms with Gasteiger partial charge < -0.3 is 0 Å². The van der Waals surface area contributed by atoms with Crippen molar-refractivity contribution in [1.29, 1.82) is 0 Å². The summed E-state index contributed by atoms with van der Waals surface area (Å²) in [6.45, 7) is 16.4. The van der Waals surface area contributed by atoms with Crippen LogP contribution in [0.3, 0.4) is 0 Å². The molecule has 0 aromatic heterocycles. The van der Waals surface area contributed by atoms with Crippen LogP contribution in [0.4, 0.5) is 0 Å². The van der Waals surface area contributed by atoms with Crippen molar-refractivity contribution in [1.82, 2.24) is 0 Å². The standard InChI is InChI=1S/C23H21.C9H13.2C6H4Cl.CH2.2ClH.Zr/c1-22(2)7-5-14-10-18-16(12-20(14)22)9-17-13-21-15(11-19(17)18)6-8-23(21,3)4;1-9(2,3)8-6-4-5-7-8;2*7-6-4-2-1-3-5-6;;;;/h5-7,10-13H,9H2,1-4H3;6-7H,4H2,1-3H3;2*1-2,4-5H;1H2;2*1H;. The molecule has 4 aliphatic carbocycles. The molecule has 0 bridgehead atoms. The zero-order valence-electron chi connectivity index (χ0n) is 30.0. The fraction of sp³-hybridized carbons (Fsp3) is 0.267. The summed E-state index contributed by atoms with van der Waals surface area (Å²) in [5.41, 5.74) is 12.4. The molecule has 0 atom stereocenters. The molecular formula is C45H46Cl4Zr. The Morgan fingerprint density at radius 3 is 1.82 bits per heavy atom. The Hall–Kier alpha value is -2.25. The van der Waals surface area contributed by atoms with Gasteiger partial charge in [0, 0.05) is 0 Å². The summed E-state index contributed by atoms with van der Waals surface area (Å²) in [4.78, 5) is 0. The van der Waals surface area contributed by atoms with E-state index in [9.17, 15) is 0 Å². The molecule has 0 unspecified atom stereocenters. The Morgan fingerprint density at radius 2 is 1.28 bits per heavy atom. The van der Waals surface area contributed by atoms with Gasteiger partial charge in [-0.05, 0) is 0 Å². The summed E-state index contributed by atoms with van der Waals surface area (Å²) in [6.07, 6.45) is 14.0. The van der Waals surface area contributed by atoms with Crippen LogP contribution in [0.2, 0.25) is 10.0 Å². The molecule has 8 rings (SSSR count). The summed E-state index contributed by atoms with van der Waals surface area (Å²) in [6, 6.07) is 27.1. The second kappa shape index (κ2) is 12.1. The predicted octanol–water partition coefficient (Wildman–Crippen LogP) is 12.4. The van der Waals surface area contributed by atoms with E-state index >= 15 is 0 Å². The zero-order chi connectivity index (χ0) is 34.0. The van der Waals surface area contributed by atoms with Gasteiger partial charge in [-0.1, -0.05) is 0 Å². The maximum atomic E-state index is 6.90. The van der Waals surface area contributed by atoms with Crippen LogP contribution in [0, 0.1) is 5.41 Å². The summed E-state index contributed by atoms with van der Waals surface area (Å²) in [5, 5.41) is 1.49. The first kappa shape index (κ1) is 37.5. The predicted molar refractivity (Wildman–Crippen MR) is 222 cm³/mol. The monoisotopic (exact) mass is 816 g/mol. The fourth-order valence-electron chi connectivity index (χ4n) is 9.51. The van der Waals surface area contributed by atoms with Crippen molar-refractivity contribution in [2.75, 3.05) is 0 Å². The molecule has 50 heavy (non-hydrogen) atoms. The van der Waals surface area contributed by atoms with Gasteiger partial charge in [-0.15, -0.1) is 24.8 Å². The van der Waals surface area contributed by atoms with E-state index in [-0.39, 0.29) is 41.1 Å². The van der Waals surface area contributed by atoms with Gasteiger partial charge in [0.2, 0.25) is 0 Å². The van der Waals surface area contributed by atoms with Crippen LogP contribution in [0.5, 0.6) is 0 Å². The molecular weight excluding hydrogens is 774 g/mol. The molecule has 0 nitrogen and oxygen atoms in total. The molecule has 4 aliphatic rings. The first-order chi connectivity index (χ1) is 22.5. The first-order valence-electron chi connectivity index (χ1n) is 17.3. The van der Waals surface area contributed by atoms with Crippen LogP contribution >= 0.6 is 48.0 Å². The average molecular weight is 820 g/mol. The number of allylic oxidation sites excluding steroid dienone is 6. The summed E-state index contributed by atoms with van der Waals surface area (Å²) < 4.78 is 11.1. The molecule has 0 saturated heterocycles. The van der Waals surface area contributed by atoms with Gasteiger partial charge in [-0.25, -0.2) is 0 Å². The quantitative estimate of drug-likeness (QED) is 0.169. The van der Waals surface area contributed by atoms with E-state index in [1.54, 1.807) is 0 Å². The molecule has 4 aromatic rings. The van der Waals surface area contributed by atoms with E-state index in [1.807, 2.05) is 12.1 Å². The van der Waals surface area contributed by atoms with Gasteiger partial charge in [0.1, 0.15) is 0 Å². The molecule has 5 heteroatoms. The van der Waals surface area contributed by atoms with Gasteiger partial charge in [0.15, 0.2) is 0 Å². The van der Waals surface area contributed by atoms with Gasteiger partial charge in [0.05, 0.1) is 0 Å². The van der Waals surface area contributed by atoms with Gasteiger partial charge in [0.25, 0.3) is 0 Å². The van der Waals surface area contributed by atoms with Crippen molar-refractivity contribution in [2.45, 2.75) is 72.1 Å². The Bertz CT molecular complexity index is 2250. The van der Waals surface area contributed by atoms with Crippen LogP contribution in [0.25, 0.3) is 23.3 Å². The molecule has 0 spiro atoms. The molecule has 0 aliphatic heterocycles. The normalized spacial score (nSPS) is 17.8. The van der Waals surface area contributed by atoms with Crippen molar-refractivity contribution in [3.05, 3.63) is 147 Å². The second-order valence-corrected chi connectivity index (χ2v) is 30.6. The van der Waals surface area contributed by atoms with Crippen molar-refractivity contribution in [3.8, 4) is 11.1 Å². The van der Waals surface area contributed by atoms with E-state index in [4.69, 9.17) is 27.4 Å². The van der Waals surface area contributed by atoms with Crippen molar-refractivity contribution in [3.63, 3.8) is 0 Å². The Morgan fingerprint density at radius 1 is 0.720 bits per heavy atom. The molecule has 0 fully saturated rings. The van der Waals surface area contributed by atoms with E-state index in [2.05, 4.69) is 140 Å². The van der Waals surface area contributed by atoms with E-state index < -0.39 is 18.3 Å². The first-order valence-corrected chi connectivity index (χ1v) is 24.7. The fourth-order valence-corrected chi connectivity index (χ4v) is 27.4. The topological polar surface area (TPSA) is 0 Å². The molecule has 0 radical (unpaired) electrons. The van der Waals surface area contributed by atoms with Crippen LogP contribution in [-0.4, -0.2) is 4.21 Å². The number of benzene rings is 4. The number of hydrogen-bond acceptors (Lipinski definition) is 0. The number of rotatable bonds is 4. The second-order valence-electron chi connectivity index (χ2n) is 16.9. The van der Waals surface area contributed by atoms with E-state index in [0.29, 0.717) is 0 Å². The SMILES string of the molecule is Cl.Cl.[CH2]=[Zr]([C]1=CC(C(C)(C)C)=CC1)([C]1=Cc2cc3c(cc2C1(C)C)Cc1cc2c(cc1-3)C=CC2(C)C)([c]1cccc(Cl)c1)[c]1cccc(Cl)c1. The summed E-state index contributed by atoms with van der Waals surface area (Å²) in [5.74, 6) is 0. The van der Waals surface area contributed by atoms with Crippen LogP contribution < -0.4 is 6.54 Å². The summed E-state index contributed by atoms with van der Waals surface area (Å²) in [7, 11) is 0. The number of hydrogen-bond donors (Lipinski definition) is 0. The van der Waals surface area contributed by atoms with Gasteiger partial charge in [-0.2, -0.15) is 0 Å². The van der Waals surface area contributed by atoms with Crippen LogP contribution in [-0.2, 0) is 35.5 Å². The van der Waals surface area contributed by atoms with Crippen molar-refractivity contribution >= 4 is 70.9 Å². The Kier molecular flexibility index (Phi) is 9.11. The third-order valence-electron chi connectivity index (χ3n) is 12.2. The molecule has 258 valence electrons. The Labute approximate surface area is 321 Å². The van der Waals surface area contributed by atoms with Crippen LogP contribution in [0.15, 0.2) is 103 Å². The zero-order valence-corrected chi connectivity index (χ0v) is 35.6. The Balaban J connectivity index is 0.00000216. The molecule has 4 aromatic carbocycles. The molecule has 0 N–H and O–H groups in total. The molecule has 0 amide bonds. The van der Waals surface area contributed by atoms with Crippen LogP contribution in [0.1, 0.15) is 88.3 Å². The average Bonchev–Trinajstić information content (AvgIpc) is 3.79. The number of fused-ring (bicyclic) bond motifs is 5.